The quantitative estimate of drug-likeness (QED) is 0.765. The number of nitrogens with zero attached hydrogens (tertiary/aromatic N) is 3. The first-order chi connectivity index (χ1) is 12.4. The topological polar surface area (TPSA) is 64.6 Å². The van der Waals surface area contributed by atoms with Crippen molar-refractivity contribution in [3.05, 3.63) is 17.3 Å². The molecule has 2 aromatic rings. The molecule has 0 spiro atoms. The number of rotatable bonds is 3. The Hall–Kier alpha value is -1.57. The Morgan fingerprint density at radius 1 is 1.23 bits per heavy atom. The van der Waals surface area contributed by atoms with Crippen molar-refractivity contribution in [1.29, 1.82) is 0 Å². The molecule has 140 valence electrons. The van der Waals surface area contributed by atoms with Crippen LogP contribution >= 0.6 is 11.3 Å². The predicted octanol–water partition coefficient (Wildman–Crippen LogP) is 3.51. The van der Waals surface area contributed by atoms with Gasteiger partial charge < -0.3 is 14.4 Å². The van der Waals surface area contributed by atoms with E-state index >= 15 is 0 Å². The zero-order chi connectivity index (χ0) is 18.3. The molecule has 0 aliphatic carbocycles. The van der Waals surface area contributed by atoms with E-state index in [4.69, 9.17) is 9.47 Å². The van der Waals surface area contributed by atoms with Crippen LogP contribution in [0.15, 0.2) is 12.4 Å². The Morgan fingerprint density at radius 2 is 1.92 bits per heavy atom. The molecule has 7 heteroatoms. The molecule has 2 aromatic heterocycles. The average Bonchev–Trinajstić information content (AvgIpc) is 3.07. The zero-order valence-electron chi connectivity index (χ0n) is 15.5. The van der Waals surface area contributed by atoms with Crippen molar-refractivity contribution in [2.45, 2.75) is 39.9 Å². The van der Waals surface area contributed by atoms with Crippen LogP contribution in [0.2, 0.25) is 0 Å². The van der Waals surface area contributed by atoms with Crippen LogP contribution in [0.5, 0.6) is 0 Å². The fourth-order valence-electron chi connectivity index (χ4n) is 3.60. The maximum Gasteiger partial charge on any atom is 0.169 e. The van der Waals surface area contributed by atoms with E-state index in [1.807, 2.05) is 6.07 Å². The van der Waals surface area contributed by atoms with Crippen molar-refractivity contribution in [2.75, 3.05) is 31.2 Å². The number of ether oxygens (including phenoxy) is 2. The van der Waals surface area contributed by atoms with E-state index in [1.54, 1.807) is 13.3 Å². The molecule has 2 saturated heterocycles. The number of thiophene rings is 1. The van der Waals surface area contributed by atoms with E-state index in [1.165, 1.54) is 11.3 Å². The molecule has 0 atom stereocenters. The van der Waals surface area contributed by atoms with Gasteiger partial charge in [-0.25, -0.2) is 9.97 Å². The highest BCUT2D eigenvalue weighted by atomic mass is 32.1. The van der Waals surface area contributed by atoms with Crippen LogP contribution < -0.4 is 4.90 Å². The highest BCUT2D eigenvalue weighted by Gasteiger charge is 2.35. The predicted molar refractivity (Wildman–Crippen MR) is 102 cm³/mol. The SMILES string of the molecule is CC(=O)c1cc2ncnc(N3CCC(C4OCC(C)(C)CO4)CC3)c2s1. The molecule has 6 nitrogen and oxygen atoms in total. The van der Waals surface area contributed by atoms with Crippen molar-refractivity contribution < 1.29 is 14.3 Å². The molecule has 26 heavy (non-hydrogen) atoms. The summed E-state index contributed by atoms with van der Waals surface area (Å²) in [6.45, 7) is 9.27. The lowest BCUT2D eigenvalue weighted by molar-refractivity contribution is -0.245. The second-order valence-electron chi connectivity index (χ2n) is 8.06. The molecule has 2 fully saturated rings. The number of carbonyl (C=O) groups is 1. The van der Waals surface area contributed by atoms with Crippen LogP contribution in [0.4, 0.5) is 5.82 Å². The number of hydrogen-bond donors (Lipinski definition) is 0. The van der Waals surface area contributed by atoms with Crippen LogP contribution in [0.25, 0.3) is 10.2 Å². The van der Waals surface area contributed by atoms with E-state index in [0.29, 0.717) is 5.92 Å². The number of ketones is 1. The van der Waals surface area contributed by atoms with Crippen LogP contribution in [0.3, 0.4) is 0 Å². The van der Waals surface area contributed by atoms with Gasteiger partial charge in [-0.3, -0.25) is 4.79 Å². The number of hydrogen-bond acceptors (Lipinski definition) is 7. The fourth-order valence-corrected chi connectivity index (χ4v) is 4.62. The van der Waals surface area contributed by atoms with Gasteiger partial charge in [-0.15, -0.1) is 11.3 Å². The number of fused-ring (bicyclic) bond motifs is 1. The van der Waals surface area contributed by atoms with Gasteiger partial charge in [0.05, 0.1) is 28.3 Å². The third-order valence-electron chi connectivity index (χ3n) is 5.14. The summed E-state index contributed by atoms with van der Waals surface area (Å²) >= 11 is 1.49. The van der Waals surface area contributed by atoms with E-state index in [2.05, 4.69) is 28.7 Å². The Labute approximate surface area is 157 Å². The molecule has 0 aromatic carbocycles. The second-order valence-corrected chi connectivity index (χ2v) is 9.11. The van der Waals surface area contributed by atoms with Crippen molar-refractivity contribution in [3.8, 4) is 0 Å². The van der Waals surface area contributed by atoms with Crippen LogP contribution in [0, 0.1) is 11.3 Å². The summed E-state index contributed by atoms with van der Waals surface area (Å²) in [4.78, 5) is 23.6. The summed E-state index contributed by atoms with van der Waals surface area (Å²) in [6.07, 6.45) is 3.54. The first-order valence-electron chi connectivity index (χ1n) is 9.17. The number of anilines is 1. The van der Waals surface area contributed by atoms with Crippen molar-refractivity contribution in [3.63, 3.8) is 0 Å². The Morgan fingerprint density at radius 3 is 2.58 bits per heavy atom. The summed E-state index contributed by atoms with van der Waals surface area (Å²) in [5.41, 5.74) is 0.964. The van der Waals surface area contributed by atoms with Gasteiger partial charge in [-0.05, 0) is 25.8 Å². The summed E-state index contributed by atoms with van der Waals surface area (Å²) < 4.78 is 12.9. The maximum absolute atomic E-state index is 11.7. The summed E-state index contributed by atoms with van der Waals surface area (Å²) in [6, 6.07) is 1.87. The summed E-state index contributed by atoms with van der Waals surface area (Å²) in [5.74, 6) is 1.44. The van der Waals surface area contributed by atoms with E-state index in [9.17, 15) is 4.79 Å². The van der Waals surface area contributed by atoms with Gasteiger partial charge in [-0.1, -0.05) is 13.8 Å². The van der Waals surface area contributed by atoms with Gasteiger partial charge in [0.1, 0.15) is 12.1 Å². The van der Waals surface area contributed by atoms with Crippen molar-refractivity contribution in [2.24, 2.45) is 11.3 Å². The molecule has 2 aliphatic rings. The smallest absolute Gasteiger partial charge is 0.169 e. The number of Topliss-reactive ketones (excluding diaryl/α,β-unsaturated/α-hetero) is 1. The van der Waals surface area contributed by atoms with Gasteiger partial charge >= 0.3 is 0 Å². The Kier molecular flexibility index (Phi) is 4.71. The van der Waals surface area contributed by atoms with Crippen LogP contribution in [-0.4, -0.2) is 48.3 Å². The summed E-state index contributed by atoms with van der Waals surface area (Å²) in [5, 5.41) is 0. The number of piperidine rings is 1. The minimum atomic E-state index is -0.0818. The summed E-state index contributed by atoms with van der Waals surface area (Å²) in [7, 11) is 0. The number of aromatic nitrogens is 2. The normalized spacial score (nSPS) is 22.0. The second kappa shape index (κ2) is 6.87. The lowest BCUT2D eigenvalue weighted by atomic mass is 9.92. The first-order valence-corrected chi connectivity index (χ1v) is 9.98. The largest absolute Gasteiger partial charge is 0.355 e. The van der Waals surface area contributed by atoms with Crippen LogP contribution in [0.1, 0.15) is 43.3 Å². The van der Waals surface area contributed by atoms with Crippen molar-refractivity contribution in [1.82, 2.24) is 9.97 Å². The van der Waals surface area contributed by atoms with E-state index in [0.717, 1.165) is 60.1 Å². The van der Waals surface area contributed by atoms with Gasteiger partial charge in [0.2, 0.25) is 0 Å². The third kappa shape index (κ3) is 3.48. The first kappa shape index (κ1) is 17.8. The van der Waals surface area contributed by atoms with Gasteiger partial charge in [0, 0.05) is 24.4 Å². The van der Waals surface area contributed by atoms with Crippen LogP contribution in [-0.2, 0) is 9.47 Å². The molecule has 0 saturated carbocycles. The molecule has 0 N–H and O–H groups in total. The Balaban J connectivity index is 1.45. The minimum Gasteiger partial charge on any atom is -0.355 e. The average molecular weight is 375 g/mol. The number of carbonyl (C=O) groups excluding carboxylic acids is 1. The molecule has 4 rings (SSSR count). The molecule has 0 radical (unpaired) electrons. The maximum atomic E-state index is 11.7. The Bertz CT molecular complexity index is 801. The third-order valence-corrected chi connectivity index (χ3v) is 6.36. The van der Waals surface area contributed by atoms with E-state index < -0.39 is 0 Å². The van der Waals surface area contributed by atoms with Crippen molar-refractivity contribution >= 4 is 33.2 Å². The standard InChI is InChI=1S/C19H25N3O3S/c1-12(23)15-8-14-16(26-15)17(21-11-20-14)22-6-4-13(5-7-22)18-24-9-19(2,3)10-25-18/h8,11,13,18H,4-7,9-10H2,1-3H3. The monoisotopic (exact) mass is 375 g/mol. The molecular weight excluding hydrogens is 350 g/mol. The molecule has 4 heterocycles. The minimum absolute atomic E-state index is 0.0761. The lowest BCUT2D eigenvalue weighted by Crippen LogP contribution is -2.45. The van der Waals surface area contributed by atoms with E-state index in [-0.39, 0.29) is 17.5 Å². The zero-order valence-corrected chi connectivity index (χ0v) is 16.3. The van der Waals surface area contributed by atoms with Gasteiger partial charge in [0.25, 0.3) is 0 Å². The fraction of sp³-hybridized carbons (Fsp3) is 0.632. The molecule has 0 amide bonds. The highest BCUT2D eigenvalue weighted by Crippen LogP contribution is 2.35. The molecule has 0 bridgehead atoms. The highest BCUT2D eigenvalue weighted by molar-refractivity contribution is 7.21. The lowest BCUT2D eigenvalue weighted by Gasteiger charge is -2.41. The molecule has 2 aliphatic heterocycles. The van der Waals surface area contributed by atoms with Gasteiger partial charge in [-0.2, -0.15) is 0 Å². The van der Waals surface area contributed by atoms with Gasteiger partial charge in [0.15, 0.2) is 12.1 Å². The molecule has 0 unspecified atom stereocenters. The molecular formula is C19H25N3O3S.